The zero-order chi connectivity index (χ0) is 15.6. The number of piperazine rings is 1. The summed E-state index contributed by atoms with van der Waals surface area (Å²) < 4.78 is 0. The smallest absolute Gasteiger partial charge is 0.238 e. The Morgan fingerprint density at radius 1 is 1.38 bits per heavy atom. The van der Waals surface area contributed by atoms with Crippen molar-refractivity contribution in [1.29, 1.82) is 0 Å². The number of halogens is 2. The van der Waals surface area contributed by atoms with E-state index in [0.29, 0.717) is 34.0 Å². The number of benzene rings is 1. The molecule has 0 spiro atoms. The van der Waals surface area contributed by atoms with E-state index in [1.807, 2.05) is 0 Å². The number of hydrogen-bond donors (Lipinski definition) is 2. The maximum absolute atomic E-state index is 12.1. The van der Waals surface area contributed by atoms with Gasteiger partial charge in [-0.3, -0.25) is 9.69 Å². The van der Waals surface area contributed by atoms with Crippen LogP contribution in [0.1, 0.15) is 6.92 Å². The lowest BCUT2D eigenvalue weighted by Gasteiger charge is -2.37. The molecule has 0 radical (unpaired) electrons. The molecule has 5 nitrogen and oxygen atoms in total. The number of likely N-dealkylation sites (N-methyl/N-ethyl adjacent to an activating group) is 1. The fourth-order valence-electron chi connectivity index (χ4n) is 2.36. The predicted octanol–water partition coefficient (Wildman–Crippen LogP) is 2.15. The monoisotopic (exact) mass is 330 g/mol. The molecule has 116 valence electrons. The van der Waals surface area contributed by atoms with E-state index in [0.717, 1.165) is 19.6 Å². The third-order valence-electron chi connectivity index (χ3n) is 3.74. The van der Waals surface area contributed by atoms with Crippen LogP contribution in [-0.2, 0) is 4.79 Å². The summed E-state index contributed by atoms with van der Waals surface area (Å²) in [6.45, 7) is 5.18. The van der Waals surface area contributed by atoms with Gasteiger partial charge in [0, 0.05) is 31.4 Å². The molecule has 1 aromatic rings. The Bertz CT molecular complexity index is 515. The molecule has 7 heteroatoms. The van der Waals surface area contributed by atoms with E-state index in [9.17, 15) is 4.79 Å². The molecule has 1 atom stereocenters. The van der Waals surface area contributed by atoms with Crippen molar-refractivity contribution in [3.8, 4) is 0 Å². The zero-order valence-electron chi connectivity index (χ0n) is 12.2. The molecule has 2 rings (SSSR count). The van der Waals surface area contributed by atoms with Crippen LogP contribution in [0.3, 0.4) is 0 Å². The maximum atomic E-state index is 12.1. The topological polar surface area (TPSA) is 61.6 Å². The summed E-state index contributed by atoms with van der Waals surface area (Å²) in [7, 11) is 2.09. The summed E-state index contributed by atoms with van der Waals surface area (Å²) in [5, 5.41) is 3.46. The van der Waals surface area contributed by atoms with Gasteiger partial charge in [0.1, 0.15) is 0 Å². The van der Waals surface area contributed by atoms with Gasteiger partial charge in [-0.25, -0.2) is 0 Å². The zero-order valence-corrected chi connectivity index (χ0v) is 13.7. The van der Waals surface area contributed by atoms with Crippen molar-refractivity contribution < 1.29 is 4.79 Å². The van der Waals surface area contributed by atoms with Crippen molar-refractivity contribution in [2.75, 3.05) is 44.3 Å². The summed E-state index contributed by atoms with van der Waals surface area (Å²) in [6, 6.07) is 3.58. The van der Waals surface area contributed by atoms with Gasteiger partial charge < -0.3 is 16.0 Å². The van der Waals surface area contributed by atoms with Crippen LogP contribution in [0.2, 0.25) is 10.0 Å². The van der Waals surface area contributed by atoms with Gasteiger partial charge in [0.2, 0.25) is 5.91 Å². The average Bonchev–Trinajstić information content (AvgIpc) is 2.38. The van der Waals surface area contributed by atoms with Crippen LogP contribution >= 0.6 is 23.2 Å². The van der Waals surface area contributed by atoms with Gasteiger partial charge in [-0.2, -0.15) is 0 Å². The lowest BCUT2D eigenvalue weighted by Crippen LogP contribution is -2.51. The van der Waals surface area contributed by atoms with Gasteiger partial charge in [-0.15, -0.1) is 0 Å². The fourth-order valence-corrected chi connectivity index (χ4v) is 2.96. The molecule has 21 heavy (non-hydrogen) atoms. The third-order valence-corrected chi connectivity index (χ3v) is 4.34. The Labute approximate surface area is 135 Å². The molecular weight excluding hydrogens is 311 g/mol. The second kappa shape index (κ2) is 6.83. The first-order chi connectivity index (χ1) is 9.86. The van der Waals surface area contributed by atoms with E-state index in [2.05, 4.69) is 29.1 Å². The molecule has 0 aromatic heterocycles. The SMILES string of the molecule is CC1CN(CC(=O)Nc2c(Cl)cc(N)cc2Cl)CCN1C. The highest BCUT2D eigenvalue weighted by Gasteiger charge is 2.22. The van der Waals surface area contributed by atoms with Gasteiger partial charge in [-0.05, 0) is 26.1 Å². The minimum absolute atomic E-state index is 0.125. The summed E-state index contributed by atoms with van der Waals surface area (Å²) in [6.07, 6.45) is 0. The number of nitrogens with zero attached hydrogens (tertiary/aromatic N) is 2. The van der Waals surface area contributed by atoms with Crippen molar-refractivity contribution >= 4 is 40.5 Å². The van der Waals surface area contributed by atoms with Gasteiger partial charge in [0.25, 0.3) is 0 Å². The number of rotatable bonds is 3. The van der Waals surface area contributed by atoms with Crippen LogP contribution in [-0.4, -0.2) is 55.0 Å². The highest BCUT2D eigenvalue weighted by Crippen LogP contribution is 2.32. The first kappa shape index (κ1) is 16.4. The average molecular weight is 331 g/mol. The molecule has 1 aliphatic rings. The van der Waals surface area contributed by atoms with Crippen LogP contribution < -0.4 is 11.1 Å². The van der Waals surface area contributed by atoms with Crippen molar-refractivity contribution in [3.05, 3.63) is 22.2 Å². The van der Waals surface area contributed by atoms with Gasteiger partial charge in [0.15, 0.2) is 0 Å². The molecule has 0 saturated carbocycles. The summed E-state index contributed by atoms with van der Waals surface area (Å²) >= 11 is 12.1. The van der Waals surface area contributed by atoms with E-state index in [-0.39, 0.29) is 5.91 Å². The predicted molar refractivity (Wildman–Crippen MR) is 88.0 cm³/mol. The molecule has 1 unspecified atom stereocenters. The van der Waals surface area contributed by atoms with Crippen molar-refractivity contribution in [3.63, 3.8) is 0 Å². The molecule has 0 bridgehead atoms. The summed E-state index contributed by atoms with van der Waals surface area (Å²) in [5.41, 5.74) is 6.53. The Balaban J connectivity index is 1.96. The lowest BCUT2D eigenvalue weighted by atomic mass is 10.2. The van der Waals surface area contributed by atoms with Gasteiger partial charge >= 0.3 is 0 Å². The molecule has 1 amide bonds. The second-order valence-electron chi connectivity index (χ2n) is 5.47. The van der Waals surface area contributed by atoms with E-state index in [4.69, 9.17) is 28.9 Å². The van der Waals surface area contributed by atoms with E-state index in [1.165, 1.54) is 0 Å². The fraction of sp³-hybridized carbons (Fsp3) is 0.500. The summed E-state index contributed by atoms with van der Waals surface area (Å²) in [4.78, 5) is 16.5. The molecule has 1 saturated heterocycles. The maximum Gasteiger partial charge on any atom is 0.238 e. The Morgan fingerprint density at radius 2 is 2.00 bits per heavy atom. The number of carbonyl (C=O) groups is 1. The summed E-state index contributed by atoms with van der Waals surface area (Å²) in [5.74, 6) is -0.125. The number of hydrogen-bond acceptors (Lipinski definition) is 4. The number of nitrogen functional groups attached to an aromatic ring is 1. The first-order valence-corrected chi connectivity index (χ1v) is 7.59. The number of anilines is 2. The van der Waals surface area contributed by atoms with E-state index in [1.54, 1.807) is 12.1 Å². The second-order valence-corrected chi connectivity index (χ2v) is 6.29. The van der Waals surface area contributed by atoms with Crippen LogP contribution in [0.5, 0.6) is 0 Å². The minimum atomic E-state index is -0.125. The van der Waals surface area contributed by atoms with Crippen LogP contribution in [0.25, 0.3) is 0 Å². The van der Waals surface area contributed by atoms with Crippen molar-refractivity contribution in [2.24, 2.45) is 0 Å². The quantitative estimate of drug-likeness (QED) is 0.833. The largest absolute Gasteiger partial charge is 0.399 e. The molecular formula is C14H20Cl2N4O. The number of carbonyl (C=O) groups excluding carboxylic acids is 1. The number of nitrogens with two attached hydrogens (primary N) is 1. The number of nitrogens with one attached hydrogen (secondary N) is 1. The van der Waals surface area contributed by atoms with E-state index >= 15 is 0 Å². The Hall–Kier alpha value is -1.01. The van der Waals surface area contributed by atoms with E-state index < -0.39 is 0 Å². The van der Waals surface area contributed by atoms with Crippen molar-refractivity contribution in [1.82, 2.24) is 9.80 Å². The number of amides is 1. The van der Waals surface area contributed by atoms with Gasteiger partial charge in [-0.1, -0.05) is 23.2 Å². The highest BCUT2D eigenvalue weighted by molar-refractivity contribution is 6.40. The van der Waals surface area contributed by atoms with Crippen molar-refractivity contribution in [2.45, 2.75) is 13.0 Å². The Kier molecular flexibility index (Phi) is 5.32. The molecule has 3 N–H and O–H groups in total. The molecule has 1 heterocycles. The first-order valence-electron chi connectivity index (χ1n) is 6.83. The molecule has 1 aliphatic heterocycles. The standard InChI is InChI=1S/C14H20Cl2N4O/c1-9-7-20(4-3-19(9)2)8-13(21)18-14-11(15)5-10(17)6-12(14)16/h5-6,9H,3-4,7-8,17H2,1-2H3,(H,18,21). The normalized spacial score (nSPS) is 20.5. The molecule has 1 fully saturated rings. The van der Waals surface area contributed by atoms with Crippen LogP contribution in [0, 0.1) is 0 Å². The molecule has 1 aromatic carbocycles. The Morgan fingerprint density at radius 3 is 2.57 bits per heavy atom. The minimum Gasteiger partial charge on any atom is -0.399 e. The van der Waals surface area contributed by atoms with Crippen LogP contribution in [0.15, 0.2) is 12.1 Å². The lowest BCUT2D eigenvalue weighted by molar-refractivity contribution is -0.117. The van der Waals surface area contributed by atoms with Gasteiger partial charge in [0.05, 0.1) is 22.3 Å². The molecule has 0 aliphatic carbocycles. The van der Waals surface area contributed by atoms with Crippen LogP contribution in [0.4, 0.5) is 11.4 Å². The highest BCUT2D eigenvalue weighted by atomic mass is 35.5. The third kappa shape index (κ3) is 4.23.